The molecule has 0 fully saturated rings. The first kappa shape index (κ1) is 16.4. The van der Waals surface area contributed by atoms with Gasteiger partial charge < -0.3 is 9.64 Å². The van der Waals surface area contributed by atoms with Crippen LogP contribution in [0.15, 0.2) is 6.07 Å². The number of rotatable bonds is 6. The second kappa shape index (κ2) is 6.71. The predicted octanol–water partition coefficient (Wildman–Crippen LogP) is 1.64. The van der Waals surface area contributed by atoms with Gasteiger partial charge in [0.05, 0.1) is 6.61 Å². The topological polar surface area (TPSA) is 76.3 Å². The van der Waals surface area contributed by atoms with Crippen molar-refractivity contribution >= 4 is 11.8 Å². The Morgan fingerprint density at radius 1 is 1.40 bits per heavy atom. The third-order valence-electron chi connectivity index (χ3n) is 2.59. The highest BCUT2D eigenvalue weighted by molar-refractivity contribution is 5.46. The Bertz CT molecular complexity index is 439. The summed E-state index contributed by atoms with van der Waals surface area (Å²) in [5, 5.41) is 0. The number of hydrazine groups is 1. The molecule has 3 N–H and O–H groups in total. The highest BCUT2D eigenvalue weighted by atomic mass is 19.4. The molecule has 20 heavy (non-hydrogen) atoms. The molecule has 1 heterocycles. The standard InChI is InChI=1S/C11H18F3N5O/c1-7(2)19(4-5-20-3)9-6-8(11(12,13)14)16-10(17-9)18-15/h6-7H,4-5,15H2,1-3H3,(H,16,17,18). The van der Waals surface area contributed by atoms with Crippen LogP contribution < -0.4 is 16.2 Å². The zero-order valence-corrected chi connectivity index (χ0v) is 11.5. The molecule has 0 saturated carbocycles. The number of hydrogen-bond donors (Lipinski definition) is 2. The summed E-state index contributed by atoms with van der Waals surface area (Å²) in [5.41, 5.74) is 1.01. The average Bonchev–Trinajstić information content (AvgIpc) is 2.37. The van der Waals surface area contributed by atoms with E-state index in [1.165, 1.54) is 7.11 Å². The molecule has 0 aliphatic carbocycles. The Kier molecular flexibility index (Phi) is 5.52. The molecule has 0 saturated heterocycles. The van der Waals surface area contributed by atoms with E-state index in [9.17, 15) is 13.2 Å². The lowest BCUT2D eigenvalue weighted by molar-refractivity contribution is -0.141. The quantitative estimate of drug-likeness (QED) is 0.613. The molecule has 1 aromatic heterocycles. The predicted molar refractivity (Wildman–Crippen MR) is 69.2 cm³/mol. The number of halogens is 3. The highest BCUT2D eigenvalue weighted by Gasteiger charge is 2.34. The van der Waals surface area contributed by atoms with Gasteiger partial charge in [-0.3, -0.25) is 5.43 Å². The van der Waals surface area contributed by atoms with E-state index in [4.69, 9.17) is 10.6 Å². The number of alkyl halides is 3. The van der Waals surface area contributed by atoms with E-state index in [0.29, 0.717) is 13.2 Å². The maximum atomic E-state index is 12.8. The molecule has 0 radical (unpaired) electrons. The summed E-state index contributed by atoms with van der Waals surface area (Å²) in [4.78, 5) is 8.96. The Morgan fingerprint density at radius 2 is 2.05 bits per heavy atom. The molecule has 9 heteroatoms. The van der Waals surface area contributed by atoms with Crippen LogP contribution in [0.3, 0.4) is 0 Å². The number of nitrogens with zero attached hydrogens (tertiary/aromatic N) is 3. The van der Waals surface area contributed by atoms with Gasteiger partial charge in [-0.05, 0) is 13.8 Å². The molecule has 1 aromatic rings. The largest absolute Gasteiger partial charge is 0.433 e. The zero-order chi connectivity index (χ0) is 15.3. The Morgan fingerprint density at radius 3 is 2.50 bits per heavy atom. The van der Waals surface area contributed by atoms with Gasteiger partial charge in [-0.25, -0.2) is 10.8 Å². The summed E-state index contributed by atoms with van der Waals surface area (Å²) in [7, 11) is 1.52. The molecule has 0 aliphatic heterocycles. The Labute approximate surface area is 115 Å². The van der Waals surface area contributed by atoms with E-state index < -0.39 is 11.9 Å². The smallest absolute Gasteiger partial charge is 0.383 e. The molecule has 0 atom stereocenters. The van der Waals surface area contributed by atoms with Gasteiger partial charge in [0, 0.05) is 25.8 Å². The first-order valence-corrected chi connectivity index (χ1v) is 5.98. The van der Waals surface area contributed by atoms with Crippen molar-refractivity contribution < 1.29 is 17.9 Å². The van der Waals surface area contributed by atoms with E-state index >= 15 is 0 Å². The second-order valence-corrected chi connectivity index (χ2v) is 4.36. The molecule has 0 spiro atoms. The van der Waals surface area contributed by atoms with E-state index in [1.807, 2.05) is 19.3 Å². The molecule has 0 unspecified atom stereocenters. The third-order valence-corrected chi connectivity index (χ3v) is 2.59. The number of aromatic nitrogens is 2. The first-order chi connectivity index (χ1) is 9.29. The molecule has 0 amide bonds. The van der Waals surface area contributed by atoms with Crippen LogP contribution >= 0.6 is 0 Å². The molecule has 0 aliphatic rings. The fourth-order valence-corrected chi connectivity index (χ4v) is 1.62. The monoisotopic (exact) mass is 293 g/mol. The third kappa shape index (κ3) is 4.20. The van der Waals surface area contributed by atoms with Gasteiger partial charge in [-0.15, -0.1) is 0 Å². The van der Waals surface area contributed by atoms with Gasteiger partial charge in [0.15, 0.2) is 5.69 Å². The fraction of sp³-hybridized carbons (Fsp3) is 0.636. The Hall–Kier alpha value is -1.61. The van der Waals surface area contributed by atoms with Gasteiger partial charge in [0.1, 0.15) is 5.82 Å². The van der Waals surface area contributed by atoms with Gasteiger partial charge >= 0.3 is 6.18 Å². The first-order valence-electron chi connectivity index (χ1n) is 5.98. The van der Waals surface area contributed by atoms with Crippen molar-refractivity contribution in [3.63, 3.8) is 0 Å². The molecule has 0 aromatic carbocycles. The maximum Gasteiger partial charge on any atom is 0.433 e. The SMILES string of the molecule is COCCN(c1cc(C(F)(F)F)nc(NN)n1)C(C)C. The van der Waals surface area contributed by atoms with Gasteiger partial charge in [-0.1, -0.05) is 0 Å². The van der Waals surface area contributed by atoms with E-state index in [1.54, 1.807) is 4.90 Å². The lowest BCUT2D eigenvalue weighted by atomic mass is 10.3. The highest BCUT2D eigenvalue weighted by Crippen LogP contribution is 2.30. The van der Waals surface area contributed by atoms with E-state index in [-0.39, 0.29) is 17.8 Å². The molecule has 0 bridgehead atoms. The van der Waals surface area contributed by atoms with Gasteiger partial charge in [0.25, 0.3) is 0 Å². The number of methoxy groups -OCH3 is 1. The molecule has 1 rings (SSSR count). The summed E-state index contributed by atoms with van der Waals surface area (Å²) >= 11 is 0. The number of nitrogens with one attached hydrogen (secondary N) is 1. The summed E-state index contributed by atoms with van der Waals surface area (Å²) < 4.78 is 43.3. The number of nitrogens with two attached hydrogens (primary N) is 1. The van der Waals surface area contributed by atoms with Crippen molar-refractivity contribution in [2.75, 3.05) is 30.6 Å². The summed E-state index contributed by atoms with van der Waals surface area (Å²) in [5.74, 6) is 4.99. The van der Waals surface area contributed by atoms with Crippen LogP contribution in [0, 0.1) is 0 Å². The molecular weight excluding hydrogens is 275 g/mol. The normalized spacial score (nSPS) is 11.8. The summed E-state index contributed by atoms with van der Waals surface area (Å²) in [6.07, 6.45) is -4.56. The number of nitrogen functional groups attached to an aromatic ring is 1. The minimum atomic E-state index is -4.56. The van der Waals surface area contributed by atoms with Crippen molar-refractivity contribution in [2.45, 2.75) is 26.1 Å². The van der Waals surface area contributed by atoms with Crippen LogP contribution in [-0.4, -0.2) is 36.3 Å². The molecule has 6 nitrogen and oxygen atoms in total. The van der Waals surface area contributed by atoms with Crippen LogP contribution in [0.25, 0.3) is 0 Å². The second-order valence-electron chi connectivity index (χ2n) is 4.36. The van der Waals surface area contributed by atoms with Crippen LogP contribution in [0.4, 0.5) is 24.9 Å². The Balaban J connectivity index is 3.19. The fourth-order valence-electron chi connectivity index (χ4n) is 1.62. The summed E-state index contributed by atoms with van der Waals surface area (Å²) in [6.45, 7) is 4.47. The molecular formula is C11H18F3N5O. The lowest BCUT2D eigenvalue weighted by Crippen LogP contribution is -2.35. The van der Waals surface area contributed by atoms with Crippen LogP contribution in [0.1, 0.15) is 19.5 Å². The minimum Gasteiger partial charge on any atom is -0.383 e. The van der Waals surface area contributed by atoms with Crippen molar-refractivity contribution in [1.82, 2.24) is 9.97 Å². The number of anilines is 2. The van der Waals surface area contributed by atoms with Crippen LogP contribution in [0.2, 0.25) is 0 Å². The van der Waals surface area contributed by atoms with Crippen molar-refractivity contribution in [2.24, 2.45) is 5.84 Å². The minimum absolute atomic E-state index is 0.0493. The van der Waals surface area contributed by atoms with Crippen LogP contribution in [-0.2, 0) is 10.9 Å². The molecule has 114 valence electrons. The maximum absolute atomic E-state index is 12.8. The van der Waals surface area contributed by atoms with Crippen molar-refractivity contribution in [1.29, 1.82) is 0 Å². The number of ether oxygens (including phenoxy) is 1. The van der Waals surface area contributed by atoms with Crippen molar-refractivity contribution in [3.05, 3.63) is 11.8 Å². The number of hydrogen-bond acceptors (Lipinski definition) is 6. The average molecular weight is 293 g/mol. The van der Waals surface area contributed by atoms with Crippen molar-refractivity contribution in [3.8, 4) is 0 Å². The van der Waals surface area contributed by atoms with E-state index in [2.05, 4.69) is 9.97 Å². The summed E-state index contributed by atoms with van der Waals surface area (Å²) in [6, 6.07) is 0.850. The van der Waals surface area contributed by atoms with Gasteiger partial charge in [-0.2, -0.15) is 18.2 Å². The lowest BCUT2D eigenvalue weighted by Gasteiger charge is -2.28. The van der Waals surface area contributed by atoms with Gasteiger partial charge in [0.2, 0.25) is 5.95 Å². The zero-order valence-electron chi connectivity index (χ0n) is 11.5. The van der Waals surface area contributed by atoms with E-state index in [0.717, 1.165) is 6.07 Å². The van der Waals surface area contributed by atoms with Crippen LogP contribution in [0.5, 0.6) is 0 Å².